The summed E-state index contributed by atoms with van der Waals surface area (Å²) in [5.41, 5.74) is 4.09. The molecule has 4 nitrogen and oxygen atoms in total. The minimum atomic E-state index is -0.594. The Morgan fingerprint density at radius 3 is 2.24 bits per heavy atom. The molecule has 0 aliphatic carbocycles. The zero-order valence-electron chi connectivity index (χ0n) is 17.8. The number of hydrogen-bond acceptors (Lipinski definition) is 2. The van der Waals surface area contributed by atoms with Crippen molar-refractivity contribution in [1.29, 1.82) is 0 Å². The smallest absolute Gasteiger partial charge is 0.272 e. The first-order valence-electron chi connectivity index (χ1n) is 10.8. The van der Waals surface area contributed by atoms with Crippen LogP contribution in [0.2, 0.25) is 5.02 Å². The Bertz CT molecular complexity index is 1330. The van der Waals surface area contributed by atoms with Crippen molar-refractivity contribution < 1.29 is 8.78 Å². The molecule has 0 saturated heterocycles. The zero-order chi connectivity index (χ0) is 22.9. The molecule has 3 aromatic carbocycles. The third-order valence-electron chi connectivity index (χ3n) is 5.96. The van der Waals surface area contributed by atoms with E-state index in [2.05, 4.69) is 4.90 Å². The van der Waals surface area contributed by atoms with Gasteiger partial charge < -0.3 is 0 Å². The van der Waals surface area contributed by atoms with Crippen molar-refractivity contribution in [2.45, 2.75) is 26.1 Å². The van der Waals surface area contributed by atoms with Gasteiger partial charge in [0, 0.05) is 37.1 Å². The first-order chi connectivity index (χ1) is 16.0. The third kappa shape index (κ3) is 4.49. The van der Waals surface area contributed by atoms with E-state index < -0.39 is 11.6 Å². The van der Waals surface area contributed by atoms with Crippen molar-refractivity contribution in [3.8, 4) is 5.69 Å². The molecule has 4 aromatic rings. The van der Waals surface area contributed by atoms with E-state index in [1.807, 2.05) is 59.3 Å². The molecule has 0 bridgehead atoms. The minimum Gasteiger partial charge on any atom is -0.294 e. The second kappa shape index (κ2) is 8.96. The highest BCUT2D eigenvalue weighted by Gasteiger charge is 2.27. The summed E-state index contributed by atoms with van der Waals surface area (Å²) in [6, 6.07) is 20.8. The highest BCUT2D eigenvalue weighted by atomic mass is 35.5. The molecule has 7 heteroatoms. The van der Waals surface area contributed by atoms with E-state index in [0.717, 1.165) is 28.6 Å². The fourth-order valence-electron chi connectivity index (χ4n) is 4.49. The van der Waals surface area contributed by atoms with Gasteiger partial charge in [0.2, 0.25) is 0 Å². The number of aromatic nitrogens is 2. The van der Waals surface area contributed by atoms with Gasteiger partial charge in [-0.05, 0) is 47.5 Å². The zero-order valence-corrected chi connectivity index (χ0v) is 18.6. The van der Waals surface area contributed by atoms with Crippen LogP contribution in [0.25, 0.3) is 5.69 Å². The Balaban J connectivity index is 1.52. The maximum atomic E-state index is 13.6. The van der Waals surface area contributed by atoms with E-state index in [-0.39, 0.29) is 5.56 Å². The second-order valence-electron chi connectivity index (χ2n) is 8.30. The lowest BCUT2D eigenvalue weighted by Crippen LogP contribution is -2.32. The molecule has 1 aromatic heterocycles. The Kier molecular flexibility index (Phi) is 5.87. The lowest BCUT2D eigenvalue weighted by Gasteiger charge is -2.27. The van der Waals surface area contributed by atoms with Gasteiger partial charge in [-0.25, -0.2) is 13.5 Å². The van der Waals surface area contributed by atoms with Crippen molar-refractivity contribution in [3.05, 3.63) is 122 Å². The van der Waals surface area contributed by atoms with Gasteiger partial charge in [0.1, 0.15) is 11.6 Å². The van der Waals surface area contributed by atoms with Gasteiger partial charge >= 0.3 is 0 Å². The summed E-state index contributed by atoms with van der Waals surface area (Å²) in [5.74, 6) is -1.19. The first kappa shape index (κ1) is 21.6. The summed E-state index contributed by atoms with van der Waals surface area (Å²) in [4.78, 5) is 15.6. The van der Waals surface area contributed by atoms with E-state index in [1.165, 1.54) is 12.1 Å². The maximum Gasteiger partial charge on any atom is 0.272 e. The molecule has 0 fully saturated rings. The fourth-order valence-corrected chi connectivity index (χ4v) is 4.62. The summed E-state index contributed by atoms with van der Waals surface area (Å²) in [7, 11) is 0. The van der Waals surface area contributed by atoms with Crippen LogP contribution in [0.1, 0.15) is 22.4 Å². The number of rotatable bonds is 5. The molecule has 0 spiro atoms. The van der Waals surface area contributed by atoms with Crippen LogP contribution in [-0.2, 0) is 26.1 Å². The lowest BCUT2D eigenvalue weighted by atomic mass is 10.1. The fraction of sp³-hybridized carbons (Fsp3) is 0.192. The molecule has 33 heavy (non-hydrogen) atoms. The van der Waals surface area contributed by atoms with E-state index >= 15 is 0 Å². The van der Waals surface area contributed by atoms with Crippen LogP contribution >= 0.6 is 11.6 Å². The average Bonchev–Trinajstić information content (AvgIpc) is 3.06. The van der Waals surface area contributed by atoms with Crippen LogP contribution in [0, 0.1) is 11.6 Å². The van der Waals surface area contributed by atoms with Crippen molar-refractivity contribution in [3.63, 3.8) is 0 Å². The van der Waals surface area contributed by atoms with Gasteiger partial charge in [-0.15, -0.1) is 0 Å². The summed E-state index contributed by atoms with van der Waals surface area (Å²) >= 11 is 6.03. The Morgan fingerprint density at radius 2 is 1.55 bits per heavy atom. The predicted molar refractivity (Wildman–Crippen MR) is 125 cm³/mol. The SMILES string of the molecule is O=c1c2c(n(-c3ccccc3)n1Cc1ccc(Cl)cc1)CCN(Cc1cc(F)cc(F)c1)C2. The molecule has 2 heterocycles. The molecule has 0 saturated carbocycles. The average molecular weight is 466 g/mol. The quantitative estimate of drug-likeness (QED) is 0.406. The van der Waals surface area contributed by atoms with Gasteiger partial charge in [-0.2, -0.15) is 0 Å². The van der Waals surface area contributed by atoms with Crippen LogP contribution in [0.4, 0.5) is 8.78 Å². The molecular weight excluding hydrogens is 444 g/mol. The van der Waals surface area contributed by atoms with Crippen molar-refractivity contribution in [1.82, 2.24) is 14.3 Å². The highest BCUT2D eigenvalue weighted by Crippen LogP contribution is 2.23. The summed E-state index contributed by atoms with van der Waals surface area (Å²) < 4.78 is 31.0. The number of hydrogen-bond donors (Lipinski definition) is 0. The third-order valence-corrected chi connectivity index (χ3v) is 6.21. The van der Waals surface area contributed by atoms with Crippen molar-refractivity contribution >= 4 is 11.6 Å². The Morgan fingerprint density at radius 1 is 0.848 bits per heavy atom. The topological polar surface area (TPSA) is 30.2 Å². The molecule has 5 rings (SSSR count). The van der Waals surface area contributed by atoms with Crippen LogP contribution in [-0.4, -0.2) is 20.8 Å². The van der Waals surface area contributed by atoms with E-state index in [4.69, 9.17) is 11.6 Å². The Hall–Kier alpha value is -3.22. The highest BCUT2D eigenvalue weighted by molar-refractivity contribution is 6.30. The molecule has 0 atom stereocenters. The Labute approximate surface area is 195 Å². The monoisotopic (exact) mass is 465 g/mol. The molecule has 1 aliphatic heterocycles. The number of benzene rings is 3. The summed E-state index contributed by atoms with van der Waals surface area (Å²) in [5, 5.41) is 0.647. The van der Waals surface area contributed by atoms with Crippen LogP contribution < -0.4 is 5.56 Å². The first-order valence-corrected chi connectivity index (χ1v) is 11.2. The number of fused-ring (bicyclic) bond motifs is 1. The molecule has 168 valence electrons. The van der Waals surface area contributed by atoms with Crippen LogP contribution in [0.3, 0.4) is 0 Å². The maximum absolute atomic E-state index is 13.6. The standard InChI is InChI=1S/C26H22ClF2N3O/c27-20-8-6-18(7-9-20)16-31-26(33)24-17-30(15-19-12-21(28)14-22(29)13-19)11-10-25(24)32(31)23-4-2-1-3-5-23/h1-9,12-14H,10-11,15-17H2. The van der Waals surface area contributed by atoms with Gasteiger partial charge in [0.25, 0.3) is 5.56 Å². The van der Waals surface area contributed by atoms with E-state index in [1.54, 1.807) is 4.68 Å². The summed E-state index contributed by atoms with van der Waals surface area (Å²) in [6.45, 7) is 1.89. The molecular formula is C26H22ClF2N3O. The summed E-state index contributed by atoms with van der Waals surface area (Å²) in [6.07, 6.45) is 0.658. The van der Waals surface area contributed by atoms with Gasteiger partial charge in [0.15, 0.2) is 0 Å². The molecule has 1 aliphatic rings. The van der Waals surface area contributed by atoms with E-state index in [0.29, 0.717) is 43.2 Å². The number of nitrogens with zero attached hydrogens (tertiary/aromatic N) is 3. The van der Waals surface area contributed by atoms with Crippen LogP contribution in [0.5, 0.6) is 0 Å². The number of halogens is 3. The van der Waals surface area contributed by atoms with Crippen molar-refractivity contribution in [2.24, 2.45) is 0 Å². The number of para-hydroxylation sites is 1. The molecule has 0 radical (unpaired) electrons. The van der Waals surface area contributed by atoms with Gasteiger partial charge in [0.05, 0.1) is 23.5 Å². The predicted octanol–water partition coefficient (Wildman–Crippen LogP) is 5.18. The van der Waals surface area contributed by atoms with Crippen molar-refractivity contribution in [2.75, 3.05) is 6.54 Å². The molecule has 0 amide bonds. The normalized spacial score (nSPS) is 13.8. The van der Waals surface area contributed by atoms with E-state index in [9.17, 15) is 13.6 Å². The lowest BCUT2D eigenvalue weighted by molar-refractivity contribution is 0.242. The molecule has 0 N–H and O–H groups in total. The minimum absolute atomic E-state index is 0.0566. The largest absolute Gasteiger partial charge is 0.294 e. The van der Waals surface area contributed by atoms with Crippen LogP contribution in [0.15, 0.2) is 77.6 Å². The second-order valence-corrected chi connectivity index (χ2v) is 8.74. The molecule has 0 unspecified atom stereocenters. The van der Waals surface area contributed by atoms with Gasteiger partial charge in [-0.1, -0.05) is 41.9 Å². The van der Waals surface area contributed by atoms with Gasteiger partial charge in [-0.3, -0.25) is 14.4 Å².